The van der Waals surface area contributed by atoms with Crippen LogP contribution in [0.25, 0.3) is 0 Å². The van der Waals surface area contributed by atoms with Gasteiger partial charge in [-0.3, -0.25) is 0 Å². The number of nitrogens with one attached hydrogen (secondary N) is 1. The minimum absolute atomic E-state index is 0.240. The number of hydrogen-bond donors (Lipinski definition) is 1. The van der Waals surface area contributed by atoms with Crippen molar-refractivity contribution in [2.24, 2.45) is 4.99 Å². The van der Waals surface area contributed by atoms with Gasteiger partial charge in [-0.1, -0.05) is 25.1 Å². The average molecular weight is 386 g/mol. The molecule has 1 aromatic carbocycles. The van der Waals surface area contributed by atoms with Crippen LogP contribution in [0.1, 0.15) is 52.5 Å². The van der Waals surface area contributed by atoms with Crippen LogP contribution in [0.2, 0.25) is 0 Å². The van der Waals surface area contributed by atoms with E-state index in [0.29, 0.717) is 41.3 Å². The number of esters is 1. The van der Waals surface area contributed by atoms with E-state index in [9.17, 15) is 9.18 Å². The van der Waals surface area contributed by atoms with Gasteiger partial charge in [-0.2, -0.15) is 0 Å². The number of halogens is 1. The molecule has 5 nitrogen and oxygen atoms in total. The molecule has 6 heteroatoms. The summed E-state index contributed by atoms with van der Waals surface area (Å²) in [5, 5.41) is 3.30. The van der Waals surface area contributed by atoms with E-state index in [-0.39, 0.29) is 18.0 Å². The van der Waals surface area contributed by atoms with E-state index >= 15 is 0 Å². The first-order valence-electron chi connectivity index (χ1n) is 9.64. The molecule has 2 aliphatic heterocycles. The second-order valence-corrected chi connectivity index (χ2v) is 7.60. The van der Waals surface area contributed by atoms with Crippen molar-refractivity contribution < 1.29 is 18.7 Å². The molecule has 0 amide bonds. The molecule has 0 fully saturated rings. The molecular formula is C22H27FN2O3. The van der Waals surface area contributed by atoms with Crippen LogP contribution < -0.4 is 5.32 Å². The fourth-order valence-corrected chi connectivity index (χ4v) is 3.65. The molecule has 150 valence electrons. The monoisotopic (exact) mass is 386 g/mol. The number of aliphatic imine (C=N–C) groups is 1. The van der Waals surface area contributed by atoms with Crippen molar-refractivity contribution in [3.05, 3.63) is 58.2 Å². The highest BCUT2D eigenvalue weighted by atomic mass is 19.1. The first-order valence-corrected chi connectivity index (χ1v) is 9.64. The quantitative estimate of drug-likeness (QED) is 0.770. The highest BCUT2D eigenvalue weighted by molar-refractivity contribution is 6.03. The Bertz CT molecular complexity index is 884. The first kappa shape index (κ1) is 20.1. The standard InChI is InChI=1S/C22H27FN2O3/c1-6-16-19(20-25-22(4,5)12-28-20)18(14-10-8-9-11-15(14)23)17(13(3)24-16)21(26)27-7-2/h8-11,18,24H,6-7,12H2,1-5H3. The molecular weight excluding hydrogens is 359 g/mol. The summed E-state index contributed by atoms with van der Waals surface area (Å²) in [5.74, 6) is -1.04. The topological polar surface area (TPSA) is 59.9 Å². The van der Waals surface area contributed by atoms with Crippen molar-refractivity contribution in [3.8, 4) is 0 Å². The average Bonchev–Trinajstić information content (AvgIpc) is 3.00. The lowest BCUT2D eigenvalue weighted by Crippen LogP contribution is -2.33. The Morgan fingerprint density at radius 1 is 1.36 bits per heavy atom. The van der Waals surface area contributed by atoms with E-state index in [2.05, 4.69) is 5.32 Å². The molecule has 2 aliphatic rings. The number of nitrogens with zero attached hydrogens (tertiary/aromatic N) is 1. The molecule has 1 unspecified atom stereocenters. The Balaban J connectivity index is 2.24. The van der Waals surface area contributed by atoms with Crippen LogP contribution in [0.4, 0.5) is 4.39 Å². The van der Waals surface area contributed by atoms with E-state index in [1.54, 1.807) is 25.1 Å². The van der Waals surface area contributed by atoms with E-state index < -0.39 is 11.9 Å². The van der Waals surface area contributed by atoms with E-state index in [4.69, 9.17) is 14.5 Å². The van der Waals surface area contributed by atoms with Gasteiger partial charge in [0.2, 0.25) is 5.90 Å². The largest absolute Gasteiger partial charge is 0.475 e. The van der Waals surface area contributed by atoms with Crippen LogP contribution in [0.5, 0.6) is 0 Å². The number of rotatable bonds is 5. The highest BCUT2D eigenvalue weighted by Gasteiger charge is 2.41. The molecule has 2 heterocycles. The van der Waals surface area contributed by atoms with Gasteiger partial charge >= 0.3 is 5.97 Å². The maximum atomic E-state index is 14.9. The molecule has 0 saturated carbocycles. The molecule has 1 aromatic rings. The molecule has 3 rings (SSSR count). The van der Waals surface area contributed by atoms with E-state index in [1.807, 2.05) is 27.7 Å². The van der Waals surface area contributed by atoms with Gasteiger partial charge in [0.05, 0.1) is 23.6 Å². The summed E-state index contributed by atoms with van der Waals surface area (Å²) in [6.07, 6.45) is 0.663. The third-order valence-electron chi connectivity index (χ3n) is 4.91. The van der Waals surface area contributed by atoms with Crippen molar-refractivity contribution in [2.45, 2.75) is 52.5 Å². The fourth-order valence-electron chi connectivity index (χ4n) is 3.65. The summed E-state index contributed by atoms with van der Waals surface area (Å²) < 4.78 is 26.1. The van der Waals surface area contributed by atoms with E-state index in [0.717, 1.165) is 5.70 Å². The van der Waals surface area contributed by atoms with Crippen LogP contribution in [-0.4, -0.2) is 30.6 Å². The highest BCUT2D eigenvalue weighted by Crippen LogP contribution is 2.42. The minimum atomic E-state index is -0.649. The zero-order valence-corrected chi connectivity index (χ0v) is 17.1. The summed E-state index contributed by atoms with van der Waals surface area (Å²) in [6.45, 7) is 10.2. The fraction of sp³-hybridized carbons (Fsp3) is 0.455. The zero-order chi connectivity index (χ0) is 20.5. The molecule has 0 bridgehead atoms. The molecule has 28 heavy (non-hydrogen) atoms. The Morgan fingerprint density at radius 3 is 2.64 bits per heavy atom. The molecule has 0 aromatic heterocycles. The Hall–Kier alpha value is -2.63. The third-order valence-corrected chi connectivity index (χ3v) is 4.91. The zero-order valence-electron chi connectivity index (χ0n) is 17.1. The predicted molar refractivity (Wildman–Crippen MR) is 106 cm³/mol. The maximum absolute atomic E-state index is 14.9. The lowest BCUT2D eigenvalue weighted by atomic mass is 9.79. The van der Waals surface area contributed by atoms with Crippen molar-refractivity contribution >= 4 is 11.9 Å². The van der Waals surface area contributed by atoms with Gasteiger partial charge in [-0.15, -0.1) is 0 Å². The summed E-state index contributed by atoms with van der Waals surface area (Å²) in [4.78, 5) is 17.6. The van der Waals surface area contributed by atoms with Gasteiger partial charge in [0.15, 0.2) is 0 Å². The number of allylic oxidation sites excluding steroid dienone is 2. The van der Waals surface area contributed by atoms with Gasteiger partial charge < -0.3 is 14.8 Å². The Labute approximate surface area is 165 Å². The van der Waals surface area contributed by atoms with Crippen molar-refractivity contribution in [1.82, 2.24) is 5.32 Å². The van der Waals surface area contributed by atoms with Crippen LogP contribution in [0.3, 0.4) is 0 Å². The first-order chi connectivity index (χ1) is 13.3. The predicted octanol–water partition coefficient (Wildman–Crippen LogP) is 4.22. The van der Waals surface area contributed by atoms with Crippen molar-refractivity contribution in [2.75, 3.05) is 13.2 Å². The number of benzene rings is 1. The van der Waals surface area contributed by atoms with Gasteiger partial charge in [-0.05, 0) is 40.2 Å². The normalized spacial score (nSPS) is 21.2. The summed E-state index contributed by atoms with van der Waals surface area (Å²) in [7, 11) is 0. The lowest BCUT2D eigenvalue weighted by molar-refractivity contribution is -0.138. The SMILES string of the molecule is CCOC(=O)C1=C(C)NC(CC)=C(C2=NC(C)(C)CO2)C1c1ccccc1F. The molecule has 0 radical (unpaired) electrons. The number of ether oxygens (including phenoxy) is 2. The second kappa shape index (κ2) is 7.78. The Kier molecular flexibility index (Phi) is 5.59. The van der Waals surface area contributed by atoms with Gasteiger partial charge in [0, 0.05) is 22.5 Å². The molecule has 0 saturated heterocycles. The van der Waals surface area contributed by atoms with Crippen molar-refractivity contribution in [1.29, 1.82) is 0 Å². The third kappa shape index (κ3) is 3.68. The molecule has 1 N–H and O–H groups in total. The summed E-state index contributed by atoms with van der Waals surface area (Å²) in [5.41, 5.74) is 2.65. The number of carbonyl (C=O) groups is 1. The van der Waals surface area contributed by atoms with Gasteiger partial charge in [-0.25, -0.2) is 14.2 Å². The van der Waals surface area contributed by atoms with Crippen molar-refractivity contribution in [3.63, 3.8) is 0 Å². The number of dihydropyridines is 1. The summed E-state index contributed by atoms with van der Waals surface area (Å²) >= 11 is 0. The van der Waals surface area contributed by atoms with Crippen LogP contribution in [0, 0.1) is 5.82 Å². The number of hydrogen-bond acceptors (Lipinski definition) is 5. The molecule has 0 aliphatic carbocycles. The van der Waals surface area contributed by atoms with Gasteiger partial charge in [0.25, 0.3) is 0 Å². The van der Waals surface area contributed by atoms with Crippen LogP contribution in [0.15, 0.2) is 51.8 Å². The molecule has 0 spiro atoms. The lowest BCUT2D eigenvalue weighted by Gasteiger charge is -2.32. The van der Waals surface area contributed by atoms with Crippen LogP contribution in [-0.2, 0) is 14.3 Å². The molecule has 1 atom stereocenters. The number of carbonyl (C=O) groups excluding carboxylic acids is 1. The van der Waals surface area contributed by atoms with Gasteiger partial charge in [0.1, 0.15) is 12.4 Å². The van der Waals surface area contributed by atoms with E-state index in [1.165, 1.54) is 6.07 Å². The minimum Gasteiger partial charge on any atom is -0.475 e. The Morgan fingerprint density at radius 2 is 2.07 bits per heavy atom. The smallest absolute Gasteiger partial charge is 0.336 e. The van der Waals surface area contributed by atoms with Crippen LogP contribution >= 0.6 is 0 Å². The summed E-state index contributed by atoms with van der Waals surface area (Å²) in [6, 6.07) is 6.51. The second-order valence-electron chi connectivity index (χ2n) is 7.60. The maximum Gasteiger partial charge on any atom is 0.336 e.